The molecular formula is C18H38O. The van der Waals surface area contributed by atoms with Crippen molar-refractivity contribution in [3.63, 3.8) is 0 Å². The Hall–Kier alpha value is -0.0400. The predicted octanol–water partition coefficient (Wildman–Crippen LogP) is 5.52. The first-order chi connectivity index (χ1) is 8.44. The molecule has 3 atom stereocenters. The highest BCUT2D eigenvalue weighted by Crippen LogP contribution is 2.33. The maximum atomic E-state index is 9.64. The molecular weight excluding hydrogens is 232 g/mol. The van der Waals surface area contributed by atoms with Crippen LogP contribution >= 0.6 is 0 Å². The van der Waals surface area contributed by atoms with Gasteiger partial charge in [0.15, 0.2) is 0 Å². The highest BCUT2D eigenvalue weighted by atomic mass is 16.3. The summed E-state index contributed by atoms with van der Waals surface area (Å²) in [7, 11) is 0. The van der Waals surface area contributed by atoms with Crippen LogP contribution in [0.25, 0.3) is 0 Å². The van der Waals surface area contributed by atoms with Crippen molar-refractivity contribution < 1.29 is 5.11 Å². The summed E-state index contributed by atoms with van der Waals surface area (Å²) in [5.74, 6) is 1.85. The highest BCUT2D eigenvalue weighted by molar-refractivity contribution is 4.74. The Labute approximate surface area is 122 Å². The Morgan fingerprint density at radius 1 is 0.789 bits per heavy atom. The second kappa shape index (κ2) is 7.67. The van der Waals surface area contributed by atoms with Crippen LogP contribution in [0, 0.1) is 28.6 Å². The van der Waals surface area contributed by atoms with E-state index in [1.165, 1.54) is 25.7 Å². The first kappa shape index (κ1) is 19.0. The monoisotopic (exact) mass is 270 g/mol. The van der Waals surface area contributed by atoms with Gasteiger partial charge in [0.25, 0.3) is 0 Å². The summed E-state index contributed by atoms with van der Waals surface area (Å²) in [5.41, 5.74) is 0.787. The number of aliphatic hydroxyl groups is 1. The van der Waals surface area contributed by atoms with Gasteiger partial charge in [0.05, 0.1) is 0 Å². The molecule has 0 saturated carbocycles. The van der Waals surface area contributed by atoms with E-state index in [0.29, 0.717) is 29.3 Å². The summed E-state index contributed by atoms with van der Waals surface area (Å²) in [6.45, 7) is 18.8. The van der Waals surface area contributed by atoms with Gasteiger partial charge in [0.1, 0.15) is 0 Å². The fourth-order valence-corrected chi connectivity index (χ4v) is 3.33. The minimum absolute atomic E-state index is 0.347. The lowest BCUT2D eigenvalue weighted by atomic mass is 9.76. The molecule has 0 fully saturated rings. The molecule has 0 radical (unpaired) electrons. The molecule has 0 aliphatic rings. The van der Waals surface area contributed by atoms with Gasteiger partial charge in [-0.05, 0) is 47.8 Å². The van der Waals surface area contributed by atoms with Crippen LogP contribution < -0.4 is 0 Å². The van der Waals surface area contributed by atoms with Crippen LogP contribution in [0.4, 0.5) is 0 Å². The van der Waals surface area contributed by atoms with E-state index in [1.54, 1.807) is 0 Å². The second-order valence-corrected chi connectivity index (χ2v) is 9.13. The molecule has 1 N–H and O–H groups in total. The summed E-state index contributed by atoms with van der Waals surface area (Å²) in [6.07, 6.45) is 4.90. The molecule has 0 amide bonds. The van der Waals surface area contributed by atoms with Gasteiger partial charge >= 0.3 is 0 Å². The van der Waals surface area contributed by atoms with E-state index >= 15 is 0 Å². The van der Waals surface area contributed by atoms with E-state index in [0.717, 1.165) is 5.92 Å². The molecule has 0 bridgehead atoms. The molecule has 0 rings (SSSR count). The third-order valence-corrected chi connectivity index (χ3v) is 3.96. The molecule has 0 aliphatic heterocycles. The van der Waals surface area contributed by atoms with E-state index in [2.05, 4.69) is 55.4 Å². The molecule has 0 aromatic rings. The number of hydrogen-bond donors (Lipinski definition) is 1. The minimum Gasteiger partial charge on any atom is -0.396 e. The van der Waals surface area contributed by atoms with Gasteiger partial charge in [-0.2, -0.15) is 0 Å². The maximum Gasteiger partial charge on any atom is 0.0461 e. The lowest BCUT2D eigenvalue weighted by molar-refractivity contribution is 0.135. The van der Waals surface area contributed by atoms with Crippen molar-refractivity contribution in [3.05, 3.63) is 0 Å². The van der Waals surface area contributed by atoms with Crippen LogP contribution in [-0.2, 0) is 0 Å². The Morgan fingerprint density at radius 2 is 1.26 bits per heavy atom. The zero-order valence-corrected chi connectivity index (χ0v) is 14.7. The quantitative estimate of drug-likeness (QED) is 0.646. The van der Waals surface area contributed by atoms with Crippen LogP contribution in [0.2, 0.25) is 0 Å². The number of rotatable bonds is 7. The van der Waals surface area contributed by atoms with Crippen molar-refractivity contribution in [2.24, 2.45) is 28.6 Å². The zero-order valence-electron chi connectivity index (χ0n) is 14.7. The van der Waals surface area contributed by atoms with Crippen molar-refractivity contribution in [2.45, 2.75) is 81.1 Å². The molecule has 0 unspecified atom stereocenters. The molecule has 1 nitrogen and oxygen atoms in total. The van der Waals surface area contributed by atoms with Gasteiger partial charge in [0.2, 0.25) is 0 Å². The van der Waals surface area contributed by atoms with Crippen molar-refractivity contribution in [2.75, 3.05) is 6.61 Å². The molecule has 1 heteroatoms. The summed E-state index contributed by atoms with van der Waals surface area (Å²) < 4.78 is 0. The SMILES string of the molecule is C[C@H](CC[C@@H](CO)[C@@H](C)CC(C)(C)C)CC(C)(C)C. The van der Waals surface area contributed by atoms with E-state index in [9.17, 15) is 5.11 Å². The van der Waals surface area contributed by atoms with Crippen LogP contribution in [0.15, 0.2) is 0 Å². The van der Waals surface area contributed by atoms with Crippen molar-refractivity contribution in [1.82, 2.24) is 0 Å². The highest BCUT2D eigenvalue weighted by Gasteiger charge is 2.23. The Bertz CT molecular complexity index is 231. The van der Waals surface area contributed by atoms with Crippen LogP contribution in [0.5, 0.6) is 0 Å². The van der Waals surface area contributed by atoms with Gasteiger partial charge in [-0.15, -0.1) is 0 Å². The van der Waals surface area contributed by atoms with Crippen molar-refractivity contribution in [3.8, 4) is 0 Å². The normalized spacial score (nSPS) is 18.2. The topological polar surface area (TPSA) is 20.2 Å². The fourth-order valence-electron chi connectivity index (χ4n) is 3.33. The zero-order chi connectivity index (χ0) is 15.3. The first-order valence-corrected chi connectivity index (χ1v) is 8.05. The molecule has 0 heterocycles. The number of aliphatic hydroxyl groups excluding tert-OH is 1. The average Bonchev–Trinajstić information content (AvgIpc) is 2.12. The lowest BCUT2D eigenvalue weighted by Crippen LogP contribution is -2.22. The van der Waals surface area contributed by atoms with Crippen LogP contribution in [0.1, 0.15) is 81.1 Å². The predicted molar refractivity (Wildman–Crippen MR) is 86.3 cm³/mol. The molecule has 116 valence electrons. The fraction of sp³-hybridized carbons (Fsp3) is 1.00. The van der Waals surface area contributed by atoms with Crippen LogP contribution in [-0.4, -0.2) is 11.7 Å². The smallest absolute Gasteiger partial charge is 0.0461 e. The van der Waals surface area contributed by atoms with Gasteiger partial charge < -0.3 is 5.11 Å². The molecule has 0 aliphatic carbocycles. The van der Waals surface area contributed by atoms with E-state index in [1.807, 2.05) is 0 Å². The minimum atomic E-state index is 0.347. The molecule has 0 spiro atoms. The third-order valence-electron chi connectivity index (χ3n) is 3.96. The Morgan fingerprint density at radius 3 is 1.63 bits per heavy atom. The van der Waals surface area contributed by atoms with Crippen molar-refractivity contribution >= 4 is 0 Å². The van der Waals surface area contributed by atoms with Gasteiger partial charge in [0, 0.05) is 6.61 Å². The maximum absolute atomic E-state index is 9.64. The first-order valence-electron chi connectivity index (χ1n) is 8.05. The third kappa shape index (κ3) is 10.4. The largest absolute Gasteiger partial charge is 0.396 e. The Kier molecular flexibility index (Phi) is 7.65. The van der Waals surface area contributed by atoms with Crippen LogP contribution in [0.3, 0.4) is 0 Å². The van der Waals surface area contributed by atoms with E-state index < -0.39 is 0 Å². The Balaban J connectivity index is 4.19. The second-order valence-electron chi connectivity index (χ2n) is 9.13. The molecule has 0 saturated heterocycles. The van der Waals surface area contributed by atoms with E-state index in [4.69, 9.17) is 0 Å². The summed E-state index contributed by atoms with van der Waals surface area (Å²) in [5, 5.41) is 9.64. The molecule has 0 aromatic heterocycles. The van der Waals surface area contributed by atoms with Crippen molar-refractivity contribution in [1.29, 1.82) is 0 Å². The average molecular weight is 271 g/mol. The standard InChI is InChI=1S/C18H38O/c1-14(11-17(3,4)5)9-10-16(13-19)15(2)12-18(6,7)8/h14-16,19H,9-13H2,1-8H3/t14-,15+,16+/m1/s1. The lowest BCUT2D eigenvalue weighted by Gasteiger charge is -2.30. The summed E-state index contributed by atoms with van der Waals surface area (Å²) in [6, 6.07) is 0. The summed E-state index contributed by atoms with van der Waals surface area (Å²) in [4.78, 5) is 0. The van der Waals surface area contributed by atoms with Gasteiger partial charge in [-0.3, -0.25) is 0 Å². The van der Waals surface area contributed by atoms with E-state index in [-0.39, 0.29) is 0 Å². The van der Waals surface area contributed by atoms with Gasteiger partial charge in [-0.25, -0.2) is 0 Å². The molecule has 0 aromatic carbocycles. The number of hydrogen-bond acceptors (Lipinski definition) is 1. The van der Waals surface area contributed by atoms with Gasteiger partial charge in [-0.1, -0.05) is 61.8 Å². The molecule has 19 heavy (non-hydrogen) atoms. The summed E-state index contributed by atoms with van der Waals surface area (Å²) >= 11 is 0.